The zero-order chi connectivity index (χ0) is 16.2. The average molecular weight is 434 g/mol. The Morgan fingerprint density at radius 3 is 2.70 bits per heavy atom. The summed E-state index contributed by atoms with van der Waals surface area (Å²) < 4.78 is 5.29. The molecule has 0 radical (unpaired) electrons. The summed E-state index contributed by atoms with van der Waals surface area (Å²) in [5, 5.41) is 9.01. The molecule has 7 heteroatoms. The molecule has 3 N–H and O–H groups in total. The van der Waals surface area contributed by atoms with Crippen LogP contribution < -0.4 is 16.0 Å². The van der Waals surface area contributed by atoms with Crippen LogP contribution in [0, 0.1) is 0 Å². The largest absolute Gasteiger partial charge is 0.380 e. The highest BCUT2D eigenvalue weighted by atomic mass is 127. The van der Waals surface area contributed by atoms with Crippen molar-refractivity contribution in [3.8, 4) is 0 Å². The van der Waals surface area contributed by atoms with Crippen LogP contribution in [0.3, 0.4) is 0 Å². The summed E-state index contributed by atoms with van der Waals surface area (Å²) in [5.74, 6) is 0.653. The van der Waals surface area contributed by atoms with Gasteiger partial charge in [0, 0.05) is 32.3 Å². The fraction of sp³-hybridized carbons (Fsp3) is 0.500. The van der Waals surface area contributed by atoms with Crippen LogP contribution in [-0.2, 0) is 11.3 Å². The van der Waals surface area contributed by atoms with Gasteiger partial charge in [-0.05, 0) is 31.5 Å². The summed E-state index contributed by atoms with van der Waals surface area (Å²) in [5.41, 5.74) is 1.63. The second-order valence-electron chi connectivity index (χ2n) is 4.60. The lowest BCUT2D eigenvalue weighted by Crippen LogP contribution is -2.39. The Bertz CT molecular complexity index is 495. The molecule has 0 saturated carbocycles. The first-order valence-electron chi connectivity index (χ1n) is 7.62. The SMILES string of the molecule is CCNC(=NCc1cccc(C(=O)NC)c1)NCCOCC.I. The number of nitrogens with one attached hydrogen (secondary N) is 3. The van der Waals surface area contributed by atoms with Crippen LogP contribution >= 0.6 is 24.0 Å². The summed E-state index contributed by atoms with van der Waals surface area (Å²) in [6.45, 7) is 7.35. The molecule has 0 aromatic heterocycles. The molecule has 0 spiro atoms. The van der Waals surface area contributed by atoms with Crippen LogP contribution in [0.4, 0.5) is 0 Å². The molecule has 1 rings (SSSR count). The van der Waals surface area contributed by atoms with Gasteiger partial charge in [-0.2, -0.15) is 0 Å². The molecule has 130 valence electrons. The van der Waals surface area contributed by atoms with Gasteiger partial charge in [0.2, 0.25) is 0 Å². The van der Waals surface area contributed by atoms with Crippen molar-refractivity contribution in [2.24, 2.45) is 4.99 Å². The van der Waals surface area contributed by atoms with Gasteiger partial charge in [-0.1, -0.05) is 12.1 Å². The zero-order valence-electron chi connectivity index (χ0n) is 14.0. The Morgan fingerprint density at radius 1 is 1.26 bits per heavy atom. The summed E-state index contributed by atoms with van der Waals surface area (Å²) in [6, 6.07) is 7.47. The van der Waals surface area contributed by atoms with Gasteiger partial charge in [-0.15, -0.1) is 24.0 Å². The van der Waals surface area contributed by atoms with Crippen LogP contribution in [0.2, 0.25) is 0 Å². The van der Waals surface area contributed by atoms with Gasteiger partial charge in [-0.25, -0.2) is 4.99 Å². The first-order valence-corrected chi connectivity index (χ1v) is 7.62. The minimum atomic E-state index is -0.0902. The van der Waals surface area contributed by atoms with Crippen LogP contribution in [0.5, 0.6) is 0 Å². The molecule has 0 bridgehead atoms. The number of nitrogens with zero attached hydrogens (tertiary/aromatic N) is 1. The van der Waals surface area contributed by atoms with Gasteiger partial charge >= 0.3 is 0 Å². The topological polar surface area (TPSA) is 74.8 Å². The van der Waals surface area contributed by atoms with Gasteiger partial charge in [0.05, 0.1) is 13.2 Å². The Balaban J connectivity index is 0.00000484. The molecule has 6 nitrogen and oxygen atoms in total. The highest BCUT2D eigenvalue weighted by Gasteiger charge is 2.03. The van der Waals surface area contributed by atoms with E-state index in [1.54, 1.807) is 13.1 Å². The van der Waals surface area contributed by atoms with E-state index in [0.29, 0.717) is 31.9 Å². The highest BCUT2D eigenvalue weighted by Crippen LogP contribution is 2.06. The maximum Gasteiger partial charge on any atom is 0.251 e. The maximum atomic E-state index is 11.6. The average Bonchev–Trinajstić information content (AvgIpc) is 2.56. The van der Waals surface area contributed by atoms with E-state index in [2.05, 4.69) is 20.9 Å². The number of amides is 1. The third kappa shape index (κ3) is 8.75. The third-order valence-corrected chi connectivity index (χ3v) is 2.92. The third-order valence-electron chi connectivity index (χ3n) is 2.92. The zero-order valence-corrected chi connectivity index (χ0v) is 16.3. The Hall–Kier alpha value is -1.35. The Labute approximate surface area is 155 Å². The Kier molecular flexibility index (Phi) is 12.4. The number of ether oxygens (including phenoxy) is 1. The van der Waals surface area contributed by atoms with Gasteiger partial charge in [-0.3, -0.25) is 4.79 Å². The number of rotatable bonds is 8. The maximum absolute atomic E-state index is 11.6. The van der Waals surface area contributed by atoms with Crippen molar-refractivity contribution in [1.29, 1.82) is 0 Å². The summed E-state index contributed by atoms with van der Waals surface area (Å²) in [7, 11) is 1.62. The fourth-order valence-corrected chi connectivity index (χ4v) is 1.85. The molecule has 0 aliphatic rings. The van der Waals surface area contributed by atoms with Gasteiger partial charge in [0.25, 0.3) is 5.91 Å². The van der Waals surface area contributed by atoms with E-state index >= 15 is 0 Å². The predicted molar refractivity (Wildman–Crippen MR) is 105 cm³/mol. The van der Waals surface area contributed by atoms with E-state index in [9.17, 15) is 4.79 Å². The van der Waals surface area contributed by atoms with E-state index in [0.717, 1.165) is 18.1 Å². The van der Waals surface area contributed by atoms with Crippen LogP contribution in [-0.4, -0.2) is 45.2 Å². The minimum Gasteiger partial charge on any atom is -0.380 e. The monoisotopic (exact) mass is 434 g/mol. The fourth-order valence-electron chi connectivity index (χ4n) is 1.85. The van der Waals surface area contributed by atoms with Crippen molar-refractivity contribution in [2.75, 3.05) is 33.4 Å². The predicted octanol–water partition coefficient (Wildman–Crippen LogP) is 1.76. The van der Waals surface area contributed by atoms with Crippen LogP contribution in [0.25, 0.3) is 0 Å². The molecular formula is C16H27IN4O2. The van der Waals surface area contributed by atoms with E-state index in [4.69, 9.17) is 4.74 Å². The summed E-state index contributed by atoms with van der Waals surface area (Å²) in [4.78, 5) is 16.1. The molecule has 1 amide bonds. The standard InChI is InChI=1S/C16H26N4O2.HI/c1-4-18-16(19-9-10-22-5-2)20-12-13-7-6-8-14(11-13)15(21)17-3;/h6-8,11H,4-5,9-10,12H2,1-3H3,(H,17,21)(H2,18,19,20);1H. The summed E-state index contributed by atoms with van der Waals surface area (Å²) in [6.07, 6.45) is 0. The molecule has 23 heavy (non-hydrogen) atoms. The Morgan fingerprint density at radius 2 is 2.04 bits per heavy atom. The molecule has 0 heterocycles. The number of halogens is 1. The summed E-state index contributed by atoms with van der Waals surface area (Å²) >= 11 is 0. The van der Waals surface area contributed by atoms with Crippen molar-refractivity contribution < 1.29 is 9.53 Å². The van der Waals surface area contributed by atoms with Crippen molar-refractivity contribution in [3.63, 3.8) is 0 Å². The number of carbonyl (C=O) groups is 1. The van der Waals surface area contributed by atoms with Crippen LogP contribution in [0.1, 0.15) is 29.8 Å². The number of guanidine groups is 1. The first-order chi connectivity index (χ1) is 10.7. The molecule has 0 aliphatic heterocycles. The quantitative estimate of drug-likeness (QED) is 0.252. The van der Waals surface area contributed by atoms with E-state index < -0.39 is 0 Å². The normalized spacial score (nSPS) is 10.7. The van der Waals surface area contributed by atoms with Gasteiger partial charge in [0.1, 0.15) is 0 Å². The molecular weight excluding hydrogens is 407 g/mol. The lowest BCUT2D eigenvalue weighted by Gasteiger charge is -2.11. The van der Waals surface area contributed by atoms with Crippen molar-refractivity contribution in [2.45, 2.75) is 20.4 Å². The van der Waals surface area contributed by atoms with Gasteiger partial charge < -0.3 is 20.7 Å². The van der Waals surface area contributed by atoms with E-state index in [-0.39, 0.29) is 29.9 Å². The minimum absolute atomic E-state index is 0. The molecule has 0 saturated heterocycles. The lowest BCUT2D eigenvalue weighted by atomic mass is 10.1. The number of aliphatic imine (C=N–C) groups is 1. The number of benzene rings is 1. The molecule has 0 unspecified atom stereocenters. The van der Waals surface area contributed by atoms with Crippen molar-refractivity contribution in [3.05, 3.63) is 35.4 Å². The van der Waals surface area contributed by atoms with E-state index in [1.165, 1.54) is 0 Å². The first kappa shape index (κ1) is 21.6. The lowest BCUT2D eigenvalue weighted by molar-refractivity contribution is 0.0963. The van der Waals surface area contributed by atoms with E-state index in [1.807, 2.05) is 32.0 Å². The second kappa shape index (κ2) is 13.1. The molecule has 1 aromatic carbocycles. The molecule has 0 atom stereocenters. The smallest absolute Gasteiger partial charge is 0.251 e. The van der Waals surface area contributed by atoms with Crippen molar-refractivity contribution >= 4 is 35.8 Å². The highest BCUT2D eigenvalue weighted by molar-refractivity contribution is 14.0. The molecule has 0 aliphatic carbocycles. The number of hydrogen-bond donors (Lipinski definition) is 3. The van der Waals surface area contributed by atoms with Crippen molar-refractivity contribution in [1.82, 2.24) is 16.0 Å². The van der Waals surface area contributed by atoms with Crippen LogP contribution in [0.15, 0.2) is 29.3 Å². The number of carbonyl (C=O) groups excluding carboxylic acids is 1. The molecule has 1 aromatic rings. The number of hydrogen-bond acceptors (Lipinski definition) is 3. The van der Waals surface area contributed by atoms with Gasteiger partial charge in [0.15, 0.2) is 5.96 Å². The molecule has 0 fully saturated rings. The second-order valence-corrected chi connectivity index (χ2v) is 4.60.